The van der Waals surface area contributed by atoms with Gasteiger partial charge in [-0.1, -0.05) is 12.1 Å². The van der Waals surface area contributed by atoms with Crippen molar-refractivity contribution >= 4 is 5.91 Å². The van der Waals surface area contributed by atoms with E-state index in [1.54, 1.807) is 24.3 Å². The first kappa shape index (κ1) is 11.8. The van der Waals surface area contributed by atoms with Crippen molar-refractivity contribution in [1.82, 2.24) is 4.98 Å². The summed E-state index contributed by atoms with van der Waals surface area (Å²) in [4.78, 5) is 15.1. The number of pyridine rings is 1. The third-order valence-corrected chi connectivity index (χ3v) is 2.58. The maximum Gasteiger partial charge on any atom is 0.250 e. The van der Waals surface area contributed by atoms with Gasteiger partial charge in [0.05, 0.1) is 17.2 Å². The number of amides is 1. The van der Waals surface area contributed by atoms with Gasteiger partial charge in [-0.15, -0.1) is 0 Å². The van der Waals surface area contributed by atoms with Gasteiger partial charge in [0.1, 0.15) is 0 Å². The smallest absolute Gasteiger partial charge is 0.250 e. The Morgan fingerprint density at radius 2 is 1.94 bits per heavy atom. The summed E-state index contributed by atoms with van der Waals surface area (Å²) in [5.74, 6) is -0.479. The van der Waals surface area contributed by atoms with Crippen molar-refractivity contribution in [2.45, 2.75) is 6.42 Å². The van der Waals surface area contributed by atoms with Gasteiger partial charge in [0.25, 0.3) is 0 Å². The third kappa shape index (κ3) is 2.71. The molecule has 1 amide bonds. The predicted octanol–water partition coefficient (Wildman–Crippen LogP) is 1.64. The van der Waals surface area contributed by atoms with Gasteiger partial charge in [0.2, 0.25) is 5.91 Å². The molecule has 4 nitrogen and oxygen atoms in total. The van der Waals surface area contributed by atoms with Crippen molar-refractivity contribution in [3.05, 3.63) is 65.0 Å². The molecule has 2 rings (SSSR count). The largest absolute Gasteiger partial charge is 0.366 e. The van der Waals surface area contributed by atoms with Crippen LogP contribution in [-0.4, -0.2) is 10.9 Å². The first-order valence-electron chi connectivity index (χ1n) is 5.43. The average molecular weight is 237 g/mol. The molecule has 0 unspecified atom stereocenters. The quantitative estimate of drug-likeness (QED) is 0.881. The number of rotatable bonds is 3. The van der Waals surface area contributed by atoms with E-state index in [2.05, 4.69) is 11.1 Å². The molecule has 0 aliphatic carbocycles. The zero-order chi connectivity index (χ0) is 13.0. The Kier molecular flexibility index (Phi) is 3.35. The number of nitriles is 1. The zero-order valence-electron chi connectivity index (χ0n) is 9.63. The lowest BCUT2D eigenvalue weighted by Crippen LogP contribution is -2.11. The summed E-state index contributed by atoms with van der Waals surface area (Å²) in [6.07, 6.45) is 2.13. The molecule has 0 radical (unpaired) electrons. The van der Waals surface area contributed by atoms with Gasteiger partial charge in [-0.2, -0.15) is 5.26 Å². The van der Waals surface area contributed by atoms with Crippen LogP contribution < -0.4 is 5.73 Å². The topological polar surface area (TPSA) is 79.8 Å². The van der Waals surface area contributed by atoms with Crippen LogP contribution in [0.4, 0.5) is 0 Å². The van der Waals surface area contributed by atoms with E-state index in [0.29, 0.717) is 17.5 Å². The van der Waals surface area contributed by atoms with Gasteiger partial charge in [-0.3, -0.25) is 9.78 Å². The van der Waals surface area contributed by atoms with Crippen LogP contribution in [0.15, 0.2) is 42.6 Å². The number of benzene rings is 1. The first-order valence-corrected chi connectivity index (χ1v) is 5.43. The lowest BCUT2D eigenvalue weighted by Gasteiger charge is -2.02. The van der Waals surface area contributed by atoms with Gasteiger partial charge < -0.3 is 5.73 Å². The summed E-state index contributed by atoms with van der Waals surface area (Å²) >= 11 is 0. The van der Waals surface area contributed by atoms with Gasteiger partial charge in [-0.05, 0) is 29.8 Å². The maximum atomic E-state index is 10.9. The van der Waals surface area contributed by atoms with Crippen LogP contribution in [0.1, 0.15) is 27.2 Å². The molecular weight excluding hydrogens is 226 g/mol. The van der Waals surface area contributed by atoms with Crippen LogP contribution in [-0.2, 0) is 6.42 Å². The Morgan fingerprint density at radius 1 is 1.22 bits per heavy atom. The summed E-state index contributed by atoms with van der Waals surface area (Å²) in [5.41, 5.74) is 8.09. The molecule has 2 N–H and O–H groups in total. The summed E-state index contributed by atoms with van der Waals surface area (Å²) < 4.78 is 0. The number of hydrogen-bond donors (Lipinski definition) is 1. The fourth-order valence-corrected chi connectivity index (χ4v) is 1.58. The SMILES string of the molecule is N#Cc1ccc(Cc2ccc(C(N)=O)cn2)cc1. The van der Waals surface area contributed by atoms with Crippen LogP contribution in [0.2, 0.25) is 0 Å². The predicted molar refractivity (Wildman–Crippen MR) is 66.7 cm³/mol. The summed E-state index contributed by atoms with van der Waals surface area (Å²) in [6, 6.07) is 12.8. The monoisotopic (exact) mass is 237 g/mol. The number of aromatic nitrogens is 1. The minimum absolute atomic E-state index is 0.401. The number of nitrogens with zero attached hydrogens (tertiary/aromatic N) is 2. The number of carbonyl (C=O) groups excluding carboxylic acids is 1. The van der Waals surface area contributed by atoms with E-state index in [9.17, 15) is 4.79 Å². The Labute approximate surface area is 105 Å². The highest BCUT2D eigenvalue weighted by atomic mass is 16.1. The molecule has 0 spiro atoms. The van der Waals surface area contributed by atoms with Crippen molar-refractivity contribution in [3.63, 3.8) is 0 Å². The van der Waals surface area contributed by atoms with Gasteiger partial charge in [0.15, 0.2) is 0 Å². The highest BCUT2D eigenvalue weighted by Crippen LogP contribution is 2.09. The molecule has 0 saturated heterocycles. The lowest BCUT2D eigenvalue weighted by atomic mass is 10.1. The maximum absolute atomic E-state index is 10.9. The molecular formula is C14H11N3O. The average Bonchev–Trinajstić information content (AvgIpc) is 2.40. The van der Waals surface area contributed by atoms with E-state index in [-0.39, 0.29) is 0 Å². The molecule has 0 bridgehead atoms. The highest BCUT2D eigenvalue weighted by molar-refractivity contribution is 5.92. The Bertz CT molecular complexity index is 594. The minimum atomic E-state index is -0.479. The van der Waals surface area contributed by atoms with Crippen molar-refractivity contribution in [1.29, 1.82) is 5.26 Å². The molecule has 0 saturated carbocycles. The number of primary amides is 1. The molecule has 1 aromatic heterocycles. The second-order valence-corrected chi connectivity index (χ2v) is 3.89. The summed E-state index contributed by atoms with van der Waals surface area (Å²) in [5, 5.41) is 8.69. The van der Waals surface area contributed by atoms with Gasteiger partial charge >= 0.3 is 0 Å². The van der Waals surface area contributed by atoms with Gasteiger partial charge in [-0.25, -0.2) is 0 Å². The Morgan fingerprint density at radius 3 is 2.44 bits per heavy atom. The third-order valence-electron chi connectivity index (χ3n) is 2.58. The van der Waals surface area contributed by atoms with E-state index >= 15 is 0 Å². The van der Waals surface area contributed by atoms with Crippen LogP contribution in [0.25, 0.3) is 0 Å². The number of hydrogen-bond acceptors (Lipinski definition) is 3. The van der Waals surface area contributed by atoms with E-state index in [4.69, 9.17) is 11.0 Å². The molecule has 88 valence electrons. The van der Waals surface area contributed by atoms with Crippen LogP contribution >= 0.6 is 0 Å². The Balaban J connectivity index is 2.13. The zero-order valence-corrected chi connectivity index (χ0v) is 9.63. The van der Waals surface area contributed by atoms with Crippen molar-refractivity contribution < 1.29 is 4.79 Å². The highest BCUT2D eigenvalue weighted by Gasteiger charge is 2.02. The molecule has 0 aliphatic rings. The standard InChI is InChI=1S/C14H11N3O/c15-8-11-3-1-10(2-4-11)7-13-6-5-12(9-17-13)14(16)18/h1-6,9H,7H2,(H2,16,18). The fourth-order valence-electron chi connectivity index (χ4n) is 1.58. The van der Waals surface area contributed by atoms with Crippen molar-refractivity contribution in [2.75, 3.05) is 0 Å². The number of nitrogens with two attached hydrogens (primary N) is 1. The molecule has 1 heterocycles. The second-order valence-electron chi connectivity index (χ2n) is 3.89. The molecule has 0 fully saturated rings. The first-order chi connectivity index (χ1) is 8.69. The normalized spacial score (nSPS) is 9.72. The molecule has 0 aliphatic heterocycles. The van der Waals surface area contributed by atoms with E-state index in [1.807, 2.05) is 12.1 Å². The molecule has 1 aromatic carbocycles. The lowest BCUT2D eigenvalue weighted by molar-refractivity contribution is 0.1000. The van der Waals surface area contributed by atoms with Crippen LogP contribution in [0.5, 0.6) is 0 Å². The summed E-state index contributed by atoms with van der Waals surface area (Å²) in [7, 11) is 0. The molecule has 2 aromatic rings. The van der Waals surface area contributed by atoms with E-state index < -0.39 is 5.91 Å². The molecule has 18 heavy (non-hydrogen) atoms. The van der Waals surface area contributed by atoms with Crippen LogP contribution in [0.3, 0.4) is 0 Å². The van der Waals surface area contributed by atoms with Crippen molar-refractivity contribution in [3.8, 4) is 6.07 Å². The van der Waals surface area contributed by atoms with Gasteiger partial charge in [0, 0.05) is 18.3 Å². The molecule has 4 heteroatoms. The molecule has 0 atom stereocenters. The fraction of sp³-hybridized carbons (Fsp3) is 0.0714. The van der Waals surface area contributed by atoms with E-state index in [0.717, 1.165) is 11.3 Å². The Hall–Kier alpha value is -2.67. The van der Waals surface area contributed by atoms with Crippen LogP contribution in [0, 0.1) is 11.3 Å². The van der Waals surface area contributed by atoms with E-state index in [1.165, 1.54) is 6.20 Å². The van der Waals surface area contributed by atoms with Crippen molar-refractivity contribution in [2.24, 2.45) is 5.73 Å². The minimum Gasteiger partial charge on any atom is -0.366 e. The second kappa shape index (κ2) is 5.11. The summed E-state index contributed by atoms with van der Waals surface area (Å²) in [6.45, 7) is 0. The number of carbonyl (C=O) groups is 1.